The normalized spacial score (nSPS) is 21.6. The molecule has 1 aromatic carbocycles. The summed E-state index contributed by atoms with van der Waals surface area (Å²) in [7, 11) is 1.62. The van der Waals surface area contributed by atoms with E-state index in [9.17, 15) is 9.59 Å². The molecule has 2 fully saturated rings. The Kier molecular flexibility index (Phi) is 5.16. The number of aryl methyl sites for hydroxylation is 1. The first kappa shape index (κ1) is 20.6. The SMILES string of the molecule is COc1ccc2oc(C(=O)N3CC[C@@H]4CN(C(=O)OC(C)(C)C)C[C@@H]4C3)c(C)c2c1. The Morgan fingerprint density at radius 3 is 2.50 bits per heavy atom. The Hall–Kier alpha value is -2.70. The second kappa shape index (κ2) is 7.52. The van der Waals surface area contributed by atoms with Crippen LogP contribution in [-0.4, -0.2) is 60.7 Å². The summed E-state index contributed by atoms with van der Waals surface area (Å²) in [5, 5.41) is 0.893. The number of likely N-dealkylation sites (tertiary alicyclic amines) is 2. The molecule has 162 valence electrons. The summed E-state index contributed by atoms with van der Waals surface area (Å²) < 4.78 is 16.7. The number of carbonyl (C=O) groups is 2. The van der Waals surface area contributed by atoms with Crippen molar-refractivity contribution in [2.75, 3.05) is 33.3 Å². The van der Waals surface area contributed by atoms with Crippen LogP contribution in [0.2, 0.25) is 0 Å². The van der Waals surface area contributed by atoms with Crippen molar-refractivity contribution < 1.29 is 23.5 Å². The molecule has 3 heterocycles. The van der Waals surface area contributed by atoms with Gasteiger partial charge in [0.25, 0.3) is 5.91 Å². The zero-order valence-corrected chi connectivity index (χ0v) is 18.4. The zero-order valence-electron chi connectivity index (χ0n) is 18.4. The van der Waals surface area contributed by atoms with Gasteiger partial charge in [0, 0.05) is 37.1 Å². The summed E-state index contributed by atoms with van der Waals surface area (Å²) in [4.78, 5) is 29.3. The van der Waals surface area contributed by atoms with Crippen molar-refractivity contribution in [3.63, 3.8) is 0 Å². The average molecular weight is 415 g/mol. The monoisotopic (exact) mass is 414 g/mol. The Balaban J connectivity index is 1.47. The molecule has 2 aromatic rings. The first-order valence-corrected chi connectivity index (χ1v) is 10.5. The van der Waals surface area contributed by atoms with E-state index in [1.807, 2.05) is 50.8 Å². The van der Waals surface area contributed by atoms with Crippen LogP contribution < -0.4 is 4.74 Å². The van der Waals surface area contributed by atoms with Gasteiger partial charge in [-0.2, -0.15) is 0 Å². The van der Waals surface area contributed by atoms with E-state index in [4.69, 9.17) is 13.9 Å². The fourth-order valence-electron chi connectivity index (χ4n) is 4.50. The molecule has 0 radical (unpaired) electrons. The van der Waals surface area contributed by atoms with Crippen LogP contribution in [0.25, 0.3) is 11.0 Å². The number of piperidine rings is 1. The number of furan rings is 1. The highest BCUT2D eigenvalue weighted by Crippen LogP contribution is 2.34. The van der Waals surface area contributed by atoms with E-state index < -0.39 is 5.60 Å². The van der Waals surface area contributed by atoms with Crippen LogP contribution in [0.15, 0.2) is 22.6 Å². The van der Waals surface area contributed by atoms with Crippen LogP contribution in [0, 0.1) is 18.8 Å². The van der Waals surface area contributed by atoms with Crippen molar-refractivity contribution in [1.82, 2.24) is 9.80 Å². The highest BCUT2D eigenvalue weighted by molar-refractivity contribution is 5.99. The Morgan fingerprint density at radius 1 is 1.10 bits per heavy atom. The third-order valence-electron chi connectivity index (χ3n) is 6.08. The lowest BCUT2D eigenvalue weighted by Crippen LogP contribution is -2.43. The van der Waals surface area contributed by atoms with Crippen molar-refractivity contribution in [2.45, 2.75) is 39.7 Å². The van der Waals surface area contributed by atoms with Crippen molar-refractivity contribution in [1.29, 1.82) is 0 Å². The third-order valence-corrected chi connectivity index (χ3v) is 6.08. The predicted octanol–water partition coefficient (Wildman–Crippen LogP) is 4.08. The van der Waals surface area contributed by atoms with E-state index in [1.54, 1.807) is 12.0 Å². The van der Waals surface area contributed by atoms with Crippen LogP contribution in [0.4, 0.5) is 4.79 Å². The number of methoxy groups -OCH3 is 1. The fourth-order valence-corrected chi connectivity index (χ4v) is 4.50. The maximum Gasteiger partial charge on any atom is 0.410 e. The first-order valence-electron chi connectivity index (χ1n) is 10.5. The number of rotatable bonds is 2. The lowest BCUT2D eigenvalue weighted by atomic mass is 9.88. The van der Waals surface area contributed by atoms with Crippen LogP contribution >= 0.6 is 0 Å². The Morgan fingerprint density at radius 2 is 1.80 bits per heavy atom. The van der Waals surface area contributed by atoms with Gasteiger partial charge >= 0.3 is 6.09 Å². The number of hydrogen-bond donors (Lipinski definition) is 0. The van der Waals surface area contributed by atoms with Gasteiger partial charge < -0.3 is 23.7 Å². The molecule has 0 N–H and O–H groups in total. The number of benzene rings is 1. The molecule has 0 spiro atoms. The maximum atomic E-state index is 13.2. The fraction of sp³-hybridized carbons (Fsp3) is 0.565. The molecule has 2 amide bonds. The van der Waals surface area contributed by atoms with Crippen LogP contribution in [0.1, 0.15) is 43.3 Å². The minimum Gasteiger partial charge on any atom is -0.497 e. The van der Waals surface area contributed by atoms with Gasteiger partial charge in [-0.3, -0.25) is 4.79 Å². The molecule has 0 aliphatic carbocycles. The van der Waals surface area contributed by atoms with E-state index in [0.29, 0.717) is 43.4 Å². The van der Waals surface area contributed by atoms with Gasteiger partial charge in [-0.05, 0) is 64.2 Å². The van der Waals surface area contributed by atoms with Gasteiger partial charge in [-0.1, -0.05) is 0 Å². The maximum absolute atomic E-state index is 13.2. The number of fused-ring (bicyclic) bond motifs is 2. The lowest BCUT2D eigenvalue weighted by Gasteiger charge is -2.33. The van der Waals surface area contributed by atoms with Crippen molar-refractivity contribution in [2.24, 2.45) is 11.8 Å². The molecular formula is C23H30N2O5. The van der Waals surface area contributed by atoms with Crippen LogP contribution in [-0.2, 0) is 4.74 Å². The molecule has 1 aromatic heterocycles. The summed E-state index contributed by atoms with van der Waals surface area (Å²) >= 11 is 0. The van der Waals surface area contributed by atoms with E-state index in [2.05, 4.69) is 0 Å². The predicted molar refractivity (Wildman–Crippen MR) is 113 cm³/mol. The van der Waals surface area contributed by atoms with E-state index in [-0.39, 0.29) is 17.9 Å². The van der Waals surface area contributed by atoms with Gasteiger partial charge in [-0.25, -0.2) is 4.79 Å². The molecule has 7 nitrogen and oxygen atoms in total. The topological polar surface area (TPSA) is 72.2 Å². The van der Waals surface area contributed by atoms with Gasteiger partial charge in [0.2, 0.25) is 0 Å². The zero-order chi connectivity index (χ0) is 21.6. The summed E-state index contributed by atoms with van der Waals surface area (Å²) in [6, 6.07) is 5.56. The summed E-state index contributed by atoms with van der Waals surface area (Å²) in [6.45, 7) is 10.2. The van der Waals surface area contributed by atoms with Gasteiger partial charge in [-0.15, -0.1) is 0 Å². The molecule has 2 aliphatic rings. The van der Waals surface area contributed by atoms with Crippen LogP contribution in [0.5, 0.6) is 5.75 Å². The van der Waals surface area contributed by atoms with Crippen molar-refractivity contribution in [3.05, 3.63) is 29.5 Å². The highest BCUT2D eigenvalue weighted by atomic mass is 16.6. The van der Waals surface area contributed by atoms with E-state index in [1.165, 1.54) is 0 Å². The van der Waals surface area contributed by atoms with Gasteiger partial charge in [0.05, 0.1) is 7.11 Å². The molecule has 4 rings (SSSR count). The van der Waals surface area contributed by atoms with Crippen LogP contribution in [0.3, 0.4) is 0 Å². The largest absolute Gasteiger partial charge is 0.497 e. The van der Waals surface area contributed by atoms with Gasteiger partial charge in [0.15, 0.2) is 5.76 Å². The number of carbonyl (C=O) groups excluding carboxylic acids is 2. The Bertz CT molecular complexity index is 974. The van der Waals surface area contributed by atoms with Crippen molar-refractivity contribution in [3.8, 4) is 5.75 Å². The summed E-state index contributed by atoms with van der Waals surface area (Å²) in [5.74, 6) is 1.71. The standard InChI is InChI=1S/C23H30N2O5/c1-14-18-10-17(28-5)6-7-19(18)29-20(14)21(26)24-9-8-15-11-25(13-16(15)12-24)22(27)30-23(2,3)4/h6-7,10,15-16H,8-9,11-13H2,1-5H3/t15-,16+/m1/s1. The second-order valence-electron chi connectivity index (χ2n) is 9.36. The summed E-state index contributed by atoms with van der Waals surface area (Å²) in [5.41, 5.74) is 1.01. The lowest BCUT2D eigenvalue weighted by molar-refractivity contribution is 0.0284. The smallest absolute Gasteiger partial charge is 0.410 e. The molecular weight excluding hydrogens is 384 g/mol. The molecule has 2 atom stereocenters. The molecule has 0 bridgehead atoms. The Labute approximate surface area is 176 Å². The highest BCUT2D eigenvalue weighted by Gasteiger charge is 2.41. The molecule has 2 aliphatic heterocycles. The minimum atomic E-state index is -0.506. The van der Waals surface area contributed by atoms with Gasteiger partial charge in [0.1, 0.15) is 16.9 Å². The summed E-state index contributed by atoms with van der Waals surface area (Å²) in [6.07, 6.45) is 0.611. The molecule has 30 heavy (non-hydrogen) atoms. The molecule has 7 heteroatoms. The average Bonchev–Trinajstić information content (AvgIpc) is 3.26. The third kappa shape index (κ3) is 3.85. The molecule has 2 saturated heterocycles. The minimum absolute atomic E-state index is 0.0863. The van der Waals surface area contributed by atoms with E-state index >= 15 is 0 Å². The number of nitrogens with zero attached hydrogens (tertiary/aromatic N) is 2. The number of hydrogen-bond acceptors (Lipinski definition) is 5. The second-order valence-corrected chi connectivity index (χ2v) is 9.36. The molecule has 0 saturated carbocycles. The van der Waals surface area contributed by atoms with Crippen molar-refractivity contribution >= 4 is 23.0 Å². The molecule has 0 unspecified atom stereocenters. The first-order chi connectivity index (χ1) is 14.2. The quantitative estimate of drug-likeness (QED) is 0.740. The number of ether oxygens (including phenoxy) is 2. The van der Waals surface area contributed by atoms with E-state index in [0.717, 1.165) is 23.1 Å². The number of amides is 2.